The van der Waals surface area contributed by atoms with Crippen molar-refractivity contribution in [1.29, 1.82) is 0 Å². The van der Waals surface area contributed by atoms with E-state index in [-0.39, 0.29) is 6.03 Å². The number of likely N-dealkylation sites (tertiary alicyclic amines) is 1. The molecule has 0 bridgehead atoms. The number of hydrogen-bond donors (Lipinski definition) is 0. The highest BCUT2D eigenvalue weighted by Gasteiger charge is 2.23. The molecule has 0 N–H and O–H groups in total. The Bertz CT molecular complexity index is 444. The first-order chi connectivity index (χ1) is 9.06. The number of carbonyl (C=O) groups is 1. The molecule has 1 aromatic rings. The third-order valence-electron chi connectivity index (χ3n) is 3.76. The van der Waals surface area contributed by atoms with Gasteiger partial charge in [-0.2, -0.15) is 0 Å². The number of amides is 2. The Morgan fingerprint density at radius 3 is 2.95 bits per heavy atom. The summed E-state index contributed by atoms with van der Waals surface area (Å²) in [4.78, 5) is 16.2. The fourth-order valence-corrected chi connectivity index (χ4v) is 2.76. The lowest BCUT2D eigenvalue weighted by atomic mass is 10.0. The van der Waals surface area contributed by atoms with E-state index >= 15 is 0 Å². The van der Waals surface area contributed by atoms with Gasteiger partial charge in [0.25, 0.3) is 0 Å². The molecule has 1 aliphatic rings. The van der Waals surface area contributed by atoms with Gasteiger partial charge in [0, 0.05) is 26.7 Å². The van der Waals surface area contributed by atoms with Crippen LogP contribution in [0, 0.1) is 12.8 Å². The van der Waals surface area contributed by atoms with Gasteiger partial charge in [0.2, 0.25) is 0 Å². The van der Waals surface area contributed by atoms with Gasteiger partial charge in [-0.05, 0) is 31.2 Å². The Balaban J connectivity index is 1.95. The minimum absolute atomic E-state index is 0.160. The maximum Gasteiger partial charge on any atom is 0.320 e. The Labute approximate surface area is 116 Å². The zero-order chi connectivity index (χ0) is 13.8. The largest absolute Gasteiger partial charge is 0.324 e. The minimum Gasteiger partial charge on any atom is -0.324 e. The second-order valence-corrected chi connectivity index (χ2v) is 5.82. The van der Waals surface area contributed by atoms with Gasteiger partial charge in [-0.15, -0.1) is 0 Å². The van der Waals surface area contributed by atoms with Crippen LogP contribution in [0.2, 0.25) is 0 Å². The van der Waals surface area contributed by atoms with Gasteiger partial charge in [0.15, 0.2) is 0 Å². The molecule has 19 heavy (non-hydrogen) atoms. The highest BCUT2D eigenvalue weighted by Crippen LogP contribution is 2.17. The van der Waals surface area contributed by atoms with Crippen LogP contribution < -0.4 is 0 Å². The number of carbonyl (C=O) groups excluding carboxylic acids is 1. The Morgan fingerprint density at radius 2 is 2.26 bits per heavy atom. The Hall–Kier alpha value is -1.51. The normalized spacial score (nSPS) is 19.3. The molecule has 3 nitrogen and oxygen atoms in total. The molecule has 1 saturated heterocycles. The SMILES string of the molecule is Cc1cccc(CN(C)C(=O)N2CCCC(C)C2)c1. The number of urea groups is 1. The molecule has 1 atom stereocenters. The summed E-state index contributed by atoms with van der Waals surface area (Å²) in [6.07, 6.45) is 2.37. The first kappa shape index (κ1) is 13.9. The van der Waals surface area contributed by atoms with Crippen LogP contribution in [0.1, 0.15) is 30.9 Å². The molecule has 3 heteroatoms. The first-order valence-corrected chi connectivity index (χ1v) is 7.12. The number of aryl methyl sites for hydroxylation is 1. The molecule has 0 aliphatic carbocycles. The summed E-state index contributed by atoms with van der Waals surface area (Å²) >= 11 is 0. The molecular formula is C16H24N2O. The quantitative estimate of drug-likeness (QED) is 0.800. The number of rotatable bonds is 2. The first-order valence-electron chi connectivity index (χ1n) is 7.12. The monoisotopic (exact) mass is 260 g/mol. The topological polar surface area (TPSA) is 23.6 Å². The van der Waals surface area contributed by atoms with Gasteiger partial charge >= 0.3 is 6.03 Å². The number of piperidine rings is 1. The highest BCUT2D eigenvalue weighted by molar-refractivity contribution is 5.74. The predicted molar refractivity (Wildman–Crippen MR) is 78.0 cm³/mol. The van der Waals surface area contributed by atoms with E-state index in [1.54, 1.807) is 0 Å². The van der Waals surface area contributed by atoms with E-state index < -0.39 is 0 Å². The third kappa shape index (κ3) is 3.72. The molecule has 2 amide bonds. The van der Waals surface area contributed by atoms with Crippen LogP contribution in [0.5, 0.6) is 0 Å². The van der Waals surface area contributed by atoms with Crippen molar-refractivity contribution >= 4 is 6.03 Å². The van der Waals surface area contributed by atoms with Gasteiger partial charge in [-0.3, -0.25) is 0 Å². The molecule has 1 fully saturated rings. The van der Waals surface area contributed by atoms with Crippen molar-refractivity contribution in [3.05, 3.63) is 35.4 Å². The average Bonchev–Trinajstić information content (AvgIpc) is 2.38. The Morgan fingerprint density at radius 1 is 1.47 bits per heavy atom. The van der Waals surface area contributed by atoms with Crippen LogP contribution in [-0.4, -0.2) is 36.0 Å². The van der Waals surface area contributed by atoms with E-state index in [1.165, 1.54) is 17.5 Å². The van der Waals surface area contributed by atoms with Gasteiger partial charge in [-0.1, -0.05) is 36.8 Å². The lowest BCUT2D eigenvalue weighted by Gasteiger charge is -2.34. The summed E-state index contributed by atoms with van der Waals surface area (Å²) in [5.74, 6) is 0.630. The van der Waals surface area contributed by atoms with E-state index in [0.29, 0.717) is 12.5 Å². The van der Waals surface area contributed by atoms with Crippen LogP contribution in [0.25, 0.3) is 0 Å². The Kier molecular flexibility index (Phi) is 4.46. The van der Waals surface area contributed by atoms with Crippen molar-refractivity contribution < 1.29 is 4.79 Å². The number of nitrogens with zero attached hydrogens (tertiary/aromatic N) is 2. The molecule has 0 radical (unpaired) electrons. The summed E-state index contributed by atoms with van der Waals surface area (Å²) in [7, 11) is 1.89. The standard InChI is InChI=1S/C16H24N2O/c1-13-6-4-8-15(10-13)12-17(3)16(19)18-9-5-7-14(2)11-18/h4,6,8,10,14H,5,7,9,11-12H2,1-3H3. The van der Waals surface area contributed by atoms with Gasteiger partial charge < -0.3 is 9.80 Å². The third-order valence-corrected chi connectivity index (χ3v) is 3.76. The summed E-state index contributed by atoms with van der Waals surface area (Å²) in [6, 6.07) is 8.51. The van der Waals surface area contributed by atoms with Gasteiger partial charge in [0.1, 0.15) is 0 Å². The van der Waals surface area contributed by atoms with Gasteiger partial charge in [-0.25, -0.2) is 4.79 Å². The fourth-order valence-electron chi connectivity index (χ4n) is 2.76. The maximum absolute atomic E-state index is 12.4. The van der Waals surface area contributed by atoms with Crippen molar-refractivity contribution in [2.45, 2.75) is 33.2 Å². The summed E-state index contributed by atoms with van der Waals surface area (Å²) in [6.45, 7) is 6.79. The van der Waals surface area contributed by atoms with E-state index in [1.807, 2.05) is 22.9 Å². The molecule has 0 saturated carbocycles. The van der Waals surface area contributed by atoms with Crippen molar-refractivity contribution in [1.82, 2.24) is 9.80 Å². The van der Waals surface area contributed by atoms with E-state index in [9.17, 15) is 4.79 Å². The maximum atomic E-state index is 12.4. The molecule has 1 aliphatic heterocycles. The van der Waals surface area contributed by atoms with Crippen LogP contribution >= 0.6 is 0 Å². The number of hydrogen-bond acceptors (Lipinski definition) is 1. The second kappa shape index (κ2) is 6.09. The molecule has 2 rings (SSSR count). The average molecular weight is 260 g/mol. The minimum atomic E-state index is 0.160. The summed E-state index contributed by atoms with van der Waals surface area (Å²) < 4.78 is 0. The second-order valence-electron chi connectivity index (χ2n) is 5.82. The molecule has 1 heterocycles. The van der Waals surface area contributed by atoms with Crippen LogP contribution in [0.3, 0.4) is 0 Å². The van der Waals surface area contributed by atoms with Crippen molar-refractivity contribution in [2.75, 3.05) is 20.1 Å². The zero-order valence-electron chi connectivity index (χ0n) is 12.2. The van der Waals surface area contributed by atoms with Crippen molar-refractivity contribution in [3.8, 4) is 0 Å². The van der Waals surface area contributed by atoms with E-state index in [4.69, 9.17) is 0 Å². The summed E-state index contributed by atoms with van der Waals surface area (Å²) in [5, 5.41) is 0. The number of benzene rings is 1. The van der Waals surface area contributed by atoms with E-state index in [2.05, 4.69) is 32.0 Å². The molecule has 1 aromatic carbocycles. The molecular weight excluding hydrogens is 236 g/mol. The lowest BCUT2D eigenvalue weighted by Crippen LogP contribution is -2.45. The smallest absolute Gasteiger partial charge is 0.320 e. The lowest BCUT2D eigenvalue weighted by molar-refractivity contribution is 0.137. The van der Waals surface area contributed by atoms with E-state index in [0.717, 1.165) is 19.5 Å². The van der Waals surface area contributed by atoms with Crippen LogP contribution in [-0.2, 0) is 6.54 Å². The predicted octanol–water partition coefficient (Wildman–Crippen LogP) is 3.28. The van der Waals surface area contributed by atoms with Crippen LogP contribution in [0.4, 0.5) is 4.79 Å². The van der Waals surface area contributed by atoms with Gasteiger partial charge in [0.05, 0.1) is 0 Å². The van der Waals surface area contributed by atoms with Crippen molar-refractivity contribution in [2.24, 2.45) is 5.92 Å². The summed E-state index contributed by atoms with van der Waals surface area (Å²) in [5.41, 5.74) is 2.44. The zero-order valence-corrected chi connectivity index (χ0v) is 12.2. The molecule has 0 aromatic heterocycles. The molecule has 0 spiro atoms. The highest BCUT2D eigenvalue weighted by atomic mass is 16.2. The molecule has 104 valence electrons. The van der Waals surface area contributed by atoms with Crippen molar-refractivity contribution in [3.63, 3.8) is 0 Å². The molecule has 1 unspecified atom stereocenters. The van der Waals surface area contributed by atoms with Crippen LogP contribution in [0.15, 0.2) is 24.3 Å². The fraction of sp³-hybridized carbons (Fsp3) is 0.562.